The Morgan fingerprint density at radius 3 is 3.15 bits per heavy atom. The zero-order chi connectivity index (χ0) is 9.10. The number of hydrogen-bond donors (Lipinski definition) is 0. The van der Waals surface area contributed by atoms with Gasteiger partial charge in [0.15, 0.2) is 3.92 Å². The summed E-state index contributed by atoms with van der Waals surface area (Å²) in [5, 5.41) is 8.25. The van der Waals surface area contributed by atoms with Crippen LogP contribution in [0.15, 0.2) is 3.92 Å². The molecule has 1 saturated heterocycles. The van der Waals surface area contributed by atoms with Gasteiger partial charge >= 0.3 is 0 Å². The highest BCUT2D eigenvalue weighted by Crippen LogP contribution is 2.23. The van der Waals surface area contributed by atoms with Crippen LogP contribution < -0.4 is 4.74 Å². The van der Waals surface area contributed by atoms with Crippen molar-refractivity contribution in [3.63, 3.8) is 0 Å². The average molecular weight is 265 g/mol. The third-order valence-electron chi connectivity index (χ3n) is 1.85. The van der Waals surface area contributed by atoms with E-state index in [1.807, 2.05) is 0 Å². The standard InChI is InChI=1S/C7H9BrN2O2S/c8-6-9-10-7(13-6)12-4-5-1-2-11-3-5/h5H,1-4H2. The van der Waals surface area contributed by atoms with E-state index in [1.54, 1.807) is 0 Å². The second kappa shape index (κ2) is 4.34. The molecule has 72 valence electrons. The van der Waals surface area contributed by atoms with Crippen LogP contribution in [0.4, 0.5) is 0 Å². The van der Waals surface area contributed by atoms with Gasteiger partial charge in [0.1, 0.15) is 0 Å². The number of hydrogen-bond acceptors (Lipinski definition) is 5. The highest BCUT2D eigenvalue weighted by molar-refractivity contribution is 9.11. The molecule has 1 atom stereocenters. The maximum Gasteiger partial charge on any atom is 0.294 e. The minimum atomic E-state index is 0.516. The topological polar surface area (TPSA) is 44.2 Å². The monoisotopic (exact) mass is 264 g/mol. The molecular formula is C7H9BrN2O2S. The summed E-state index contributed by atoms with van der Waals surface area (Å²) in [6.07, 6.45) is 1.08. The zero-order valence-electron chi connectivity index (χ0n) is 6.90. The van der Waals surface area contributed by atoms with Gasteiger partial charge in [0.25, 0.3) is 5.19 Å². The first-order chi connectivity index (χ1) is 6.34. The Labute approximate surface area is 88.4 Å². The molecule has 2 heterocycles. The van der Waals surface area contributed by atoms with E-state index in [-0.39, 0.29) is 0 Å². The van der Waals surface area contributed by atoms with Crippen LogP contribution in [0.25, 0.3) is 0 Å². The number of halogens is 1. The highest BCUT2D eigenvalue weighted by Gasteiger charge is 2.16. The summed E-state index contributed by atoms with van der Waals surface area (Å²) in [6.45, 7) is 2.34. The highest BCUT2D eigenvalue weighted by atomic mass is 79.9. The van der Waals surface area contributed by atoms with Crippen LogP contribution in [-0.2, 0) is 4.74 Å². The van der Waals surface area contributed by atoms with E-state index >= 15 is 0 Å². The Morgan fingerprint density at radius 1 is 1.62 bits per heavy atom. The van der Waals surface area contributed by atoms with Crippen molar-refractivity contribution in [2.24, 2.45) is 5.92 Å². The molecule has 1 fully saturated rings. The van der Waals surface area contributed by atoms with Gasteiger partial charge < -0.3 is 9.47 Å². The molecule has 0 aliphatic carbocycles. The van der Waals surface area contributed by atoms with Crippen LogP contribution in [0, 0.1) is 5.92 Å². The van der Waals surface area contributed by atoms with Crippen LogP contribution >= 0.6 is 27.3 Å². The smallest absolute Gasteiger partial charge is 0.294 e. The van der Waals surface area contributed by atoms with Gasteiger partial charge in [0, 0.05) is 12.5 Å². The van der Waals surface area contributed by atoms with Gasteiger partial charge in [-0.2, -0.15) is 0 Å². The zero-order valence-corrected chi connectivity index (χ0v) is 9.31. The molecule has 13 heavy (non-hydrogen) atoms. The molecule has 6 heteroatoms. The average Bonchev–Trinajstić information content (AvgIpc) is 2.71. The maximum absolute atomic E-state index is 5.45. The molecule has 1 aliphatic rings. The van der Waals surface area contributed by atoms with Gasteiger partial charge in [-0.1, -0.05) is 5.10 Å². The molecule has 1 aliphatic heterocycles. The molecule has 0 aromatic carbocycles. The van der Waals surface area contributed by atoms with E-state index < -0.39 is 0 Å². The lowest BCUT2D eigenvalue weighted by atomic mass is 10.1. The molecule has 0 radical (unpaired) electrons. The second-order valence-corrected chi connectivity index (χ2v) is 5.08. The molecule has 0 bridgehead atoms. The fraction of sp³-hybridized carbons (Fsp3) is 0.714. The molecule has 0 spiro atoms. The summed E-state index contributed by atoms with van der Waals surface area (Å²) in [6, 6.07) is 0. The Balaban J connectivity index is 1.78. The van der Waals surface area contributed by atoms with Crippen molar-refractivity contribution in [2.75, 3.05) is 19.8 Å². The molecule has 4 nitrogen and oxygen atoms in total. The third kappa shape index (κ3) is 2.62. The van der Waals surface area contributed by atoms with E-state index in [0.717, 1.165) is 23.6 Å². The quantitative estimate of drug-likeness (QED) is 0.834. The summed E-state index contributed by atoms with van der Waals surface area (Å²) in [7, 11) is 0. The van der Waals surface area contributed by atoms with E-state index in [9.17, 15) is 0 Å². The van der Waals surface area contributed by atoms with Gasteiger partial charge in [-0.15, -0.1) is 5.10 Å². The Hall–Kier alpha value is -0.200. The van der Waals surface area contributed by atoms with Crippen molar-refractivity contribution in [3.05, 3.63) is 3.92 Å². The lowest BCUT2D eigenvalue weighted by Crippen LogP contribution is -2.11. The van der Waals surface area contributed by atoms with Crippen LogP contribution in [0.2, 0.25) is 0 Å². The lowest BCUT2D eigenvalue weighted by Gasteiger charge is -2.05. The fourth-order valence-electron chi connectivity index (χ4n) is 1.16. The summed E-state index contributed by atoms with van der Waals surface area (Å²) in [5.74, 6) is 0.516. The van der Waals surface area contributed by atoms with Crippen LogP contribution in [0.3, 0.4) is 0 Å². The van der Waals surface area contributed by atoms with E-state index in [4.69, 9.17) is 9.47 Å². The lowest BCUT2D eigenvalue weighted by molar-refractivity contribution is 0.166. The molecule has 1 aromatic rings. The third-order valence-corrected chi connectivity index (χ3v) is 3.12. The van der Waals surface area contributed by atoms with Crippen LogP contribution in [-0.4, -0.2) is 30.0 Å². The van der Waals surface area contributed by atoms with Crippen molar-refractivity contribution in [1.29, 1.82) is 0 Å². The summed E-state index contributed by atoms with van der Waals surface area (Å²) >= 11 is 4.63. The first-order valence-electron chi connectivity index (χ1n) is 4.04. The first kappa shape index (κ1) is 9.36. The van der Waals surface area contributed by atoms with Crippen LogP contribution in [0.1, 0.15) is 6.42 Å². The van der Waals surface area contributed by atoms with Crippen molar-refractivity contribution >= 4 is 27.3 Å². The largest absolute Gasteiger partial charge is 0.469 e. The number of nitrogens with zero attached hydrogens (tertiary/aromatic N) is 2. The second-order valence-electron chi connectivity index (χ2n) is 2.86. The molecule has 1 aromatic heterocycles. The summed E-state index contributed by atoms with van der Waals surface area (Å²) in [5.41, 5.74) is 0. The molecule has 1 unspecified atom stereocenters. The molecule has 0 N–H and O–H groups in total. The maximum atomic E-state index is 5.45. The summed E-state index contributed by atoms with van der Waals surface area (Å²) < 4.78 is 11.4. The fourth-order valence-corrected chi connectivity index (χ4v) is 2.08. The molecule has 0 amide bonds. The van der Waals surface area contributed by atoms with E-state index in [2.05, 4.69) is 26.1 Å². The van der Waals surface area contributed by atoms with E-state index in [1.165, 1.54) is 11.3 Å². The Morgan fingerprint density at radius 2 is 2.54 bits per heavy atom. The van der Waals surface area contributed by atoms with Gasteiger partial charge in [-0.25, -0.2) is 0 Å². The Bertz CT molecular complexity index is 275. The minimum Gasteiger partial charge on any atom is -0.469 e. The number of rotatable bonds is 3. The van der Waals surface area contributed by atoms with E-state index in [0.29, 0.717) is 17.7 Å². The van der Waals surface area contributed by atoms with Gasteiger partial charge in [-0.05, 0) is 33.7 Å². The van der Waals surface area contributed by atoms with Gasteiger partial charge in [0.05, 0.1) is 13.2 Å². The first-order valence-corrected chi connectivity index (χ1v) is 5.65. The number of ether oxygens (including phenoxy) is 2. The predicted octanol–water partition coefficient (Wildman–Crippen LogP) is 1.72. The Kier molecular flexibility index (Phi) is 3.13. The van der Waals surface area contributed by atoms with Gasteiger partial charge in [-0.3, -0.25) is 0 Å². The van der Waals surface area contributed by atoms with Crippen molar-refractivity contribution in [2.45, 2.75) is 6.42 Å². The number of aromatic nitrogens is 2. The summed E-state index contributed by atoms with van der Waals surface area (Å²) in [4.78, 5) is 0. The molecule has 0 saturated carbocycles. The van der Waals surface area contributed by atoms with Crippen molar-refractivity contribution in [3.8, 4) is 5.19 Å². The predicted molar refractivity (Wildman–Crippen MR) is 52.0 cm³/mol. The molecule has 2 rings (SSSR count). The normalized spacial score (nSPS) is 22.1. The van der Waals surface area contributed by atoms with Crippen molar-refractivity contribution in [1.82, 2.24) is 10.2 Å². The van der Waals surface area contributed by atoms with Crippen LogP contribution in [0.5, 0.6) is 5.19 Å². The van der Waals surface area contributed by atoms with Crippen molar-refractivity contribution < 1.29 is 9.47 Å². The SMILES string of the molecule is Brc1nnc(OCC2CCOC2)s1. The van der Waals surface area contributed by atoms with Gasteiger partial charge in [0.2, 0.25) is 0 Å². The minimum absolute atomic E-state index is 0.516. The molecular weight excluding hydrogens is 256 g/mol.